The van der Waals surface area contributed by atoms with Crippen molar-refractivity contribution < 1.29 is 4.74 Å². The molecule has 17 heavy (non-hydrogen) atoms. The third-order valence-electron chi connectivity index (χ3n) is 2.82. The number of hydrazone groups is 1. The summed E-state index contributed by atoms with van der Waals surface area (Å²) in [6.07, 6.45) is 2.76. The average molecular weight is 249 g/mol. The molecule has 0 unspecified atom stereocenters. The van der Waals surface area contributed by atoms with Gasteiger partial charge < -0.3 is 10.5 Å². The molecule has 3 N–H and O–H groups in total. The highest BCUT2D eigenvalue weighted by atomic mass is 32.1. The molecule has 0 bridgehead atoms. The Morgan fingerprint density at radius 1 is 1.41 bits per heavy atom. The summed E-state index contributed by atoms with van der Waals surface area (Å²) in [5.41, 5.74) is 11.7. The second-order valence-corrected chi connectivity index (χ2v) is 4.41. The molecule has 0 heterocycles. The fourth-order valence-electron chi connectivity index (χ4n) is 1.95. The van der Waals surface area contributed by atoms with Crippen molar-refractivity contribution in [2.45, 2.75) is 19.3 Å². The fraction of sp³-hybridized carbons (Fsp3) is 0.333. The molecule has 0 spiro atoms. The van der Waals surface area contributed by atoms with Gasteiger partial charge in [0.25, 0.3) is 0 Å². The Morgan fingerprint density at radius 3 is 2.94 bits per heavy atom. The van der Waals surface area contributed by atoms with Crippen LogP contribution in [0.15, 0.2) is 23.3 Å². The molecule has 1 aliphatic carbocycles. The van der Waals surface area contributed by atoms with Crippen LogP contribution in [0.4, 0.5) is 0 Å². The number of thiocarbonyl (C=S) groups is 1. The Hall–Kier alpha value is -1.62. The standard InChI is InChI=1S/C12H15N3OS/c1-16-11-5-3-8-2-4-10(6-9(8)7-11)14-15-12(13)17/h3,5,7H,2,4,6H2,1H3,(H3,13,15,17). The van der Waals surface area contributed by atoms with Crippen LogP contribution >= 0.6 is 12.2 Å². The predicted molar refractivity (Wildman–Crippen MR) is 72.4 cm³/mol. The van der Waals surface area contributed by atoms with E-state index in [-0.39, 0.29) is 5.11 Å². The quantitative estimate of drug-likeness (QED) is 0.614. The van der Waals surface area contributed by atoms with E-state index in [1.807, 2.05) is 6.07 Å². The van der Waals surface area contributed by atoms with E-state index in [4.69, 9.17) is 22.7 Å². The van der Waals surface area contributed by atoms with Gasteiger partial charge in [0, 0.05) is 12.1 Å². The summed E-state index contributed by atoms with van der Waals surface area (Å²) < 4.78 is 5.22. The third-order valence-corrected chi connectivity index (χ3v) is 2.91. The molecule has 0 aromatic heterocycles. The van der Waals surface area contributed by atoms with Crippen LogP contribution in [-0.4, -0.2) is 17.9 Å². The maximum absolute atomic E-state index is 5.34. The van der Waals surface area contributed by atoms with Crippen molar-refractivity contribution in [3.05, 3.63) is 29.3 Å². The Morgan fingerprint density at radius 2 is 2.24 bits per heavy atom. The molecule has 0 amide bonds. The Kier molecular flexibility index (Phi) is 3.58. The average Bonchev–Trinajstić information content (AvgIpc) is 2.35. The van der Waals surface area contributed by atoms with Gasteiger partial charge in [-0.3, -0.25) is 5.43 Å². The van der Waals surface area contributed by atoms with Crippen LogP contribution in [0.1, 0.15) is 17.5 Å². The van der Waals surface area contributed by atoms with E-state index in [1.54, 1.807) is 7.11 Å². The van der Waals surface area contributed by atoms with Crippen molar-refractivity contribution in [2.24, 2.45) is 10.8 Å². The highest BCUT2D eigenvalue weighted by Crippen LogP contribution is 2.24. The van der Waals surface area contributed by atoms with Gasteiger partial charge in [-0.2, -0.15) is 5.10 Å². The molecule has 4 nitrogen and oxygen atoms in total. The lowest BCUT2D eigenvalue weighted by Crippen LogP contribution is -2.27. The van der Waals surface area contributed by atoms with Crippen molar-refractivity contribution in [1.82, 2.24) is 5.43 Å². The second-order valence-electron chi connectivity index (χ2n) is 3.97. The number of aryl methyl sites for hydroxylation is 1. The molecule has 0 saturated heterocycles. The monoisotopic (exact) mass is 249 g/mol. The van der Waals surface area contributed by atoms with Crippen LogP contribution in [0.2, 0.25) is 0 Å². The first-order valence-corrected chi connectivity index (χ1v) is 5.86. The van der Waals surface area contributed by atoms with Gasteiger partial charge in [-0.15, -0.1) is 0 Å². The molecule has 2 rings (SSSR count). The minimum atomic E-state index is 0.203. The first-order valence-electron chi connectivity index (χ1n) is 5.45. The summed E-state index contributed by atoms with van der Waals surface area (Å²) in [7, 11) is 1.67. The number of hydrogen-bond donors (Lipinski definition) is 2. The van der Waals surface area contributed by atoms with Crippen molar-refractivity contribution in [3.63, 3.8) is 0 Å². The minimum absolute atomic E-state index is 0.203. The number of rotatable bonds is 2. The summed E-state index contributed by atoms with van der Waals surface area (Å²) >= 11 is 4.72. The van der Waals surface area contributed by atoms with Gasteiger partial charge in [0.15, 0.2) is 5.11 Å². The molecule has 0 atom stereocenters. The zero-order valence-corrected chi connectivity index (χ0v) is 10.5. The van der Waals surface area contributed by atoms with E-state index in [2.05, 4.69) is 22.7 Å². The van der Waals surface area contributed by atoms with Crippen LogP contribution < -0.4 is 15.9 Å². The van der Waals surface area contributed by atoms with Gasteiger partial charge in [-0.1, -0.05) is 6.07 Å². The number of benzene rings is 1. The van der Waals surface area contributed by atoms with Crippen LogP contribution in [-0.2, 0) is 12.8 Å². The fourth-order valence-corrected chi connectivity index (χ4v) is 2.00. The van der Waals surface area contributed by atoms with Crippen LogP contribution in [0.5, 0.6) is 5.75 Å². The first-order chi connectivity index (χ1) is 8.19. The maximum Gasteiger partial charge on any atom is 0.184 e. The molecule has 0 aliphatic heterocycles. The molecule has 0 saturated carbocycles. The first kappa shape index (κ1) is 11.9. The van der Waals surface area contributed by atoms with Crippen molar-refractivity contribution in [3.8, 4) is 5.75 Å². The van der Waals surface area contributed by atoms with Crippen molar-refractivity contribution >= 4 is 23.0 Å². The number of nitrogens with one attached hydrogen (secondary N) is 1. The second kappa shape index (κ2) is 5.14. The van der Waals surface area contributed by atoms with Crippen LogP contribution in [0, 0.1) is 0 Å². The molecular weight excluding hydrogens is 234 g/mol. The van der Waals surface area contributed by atoms with Gasteiger partial charge in [-0.05, 0) is 48.3 Å². The highest BCUT2D eigenvalue weighted by Gasteiger charge is 2.14. The van der Waals surface area contributed by atoms with E-state index in [0.29, 0.717) is 0 Å². The van der Waals surface area contributed by atoms with Gasteiger partial charge in [-0.25, -0.2) is 0 Å². The maximum atomic E-state index is 5.34. The summed E-state index contributed by atoms with van der Waals surface area (Å²) in [6.45, 7) is 0. The van der Waals surface area contributed by atoms with E-state index >= 15 is 0 Å². The molecule has 5 heteroatoms. The third kappa shape index (κ3) is 2.94. The largest absolute Gasteiger partial charge is 0.497 e. The number of methoxy groups -OCH3 is 1. The van der Waals surface area contributed by atoms with Gasteiger partial charge >= 0.3 is 0 Å². The summed E-state index contributed by atoms with van der Waals surface area (Å²) in [5.74, 6) is 0.882. The number of ether oxygens (including phenoxy) is 1. The lowest BCUT2D eigenvalue weighted by atomic mass is 9.90. The van der Waals surface area contributed by atoms with Gasteiger partial charge in [0.05, 0.1) is 7.11 Å². The topological polar surface area (TPSA) is 59.6 Å². The summed E-state index contributed by atoms with van der Waals surface area (Å²) in [5, 5.41) is 4.40. The van der Waals surface area contributed by atoms with E-state index in [0.717, 1.165) is 30.7 Å². The molecule has 0 radical (unpaired) electrons. The molecule has 1 aromatic carbocycles. The summed E-state index contributed by atoms with van der Waals surface area (Å²) in [6, 6.07) is 6.17. The van der Waals surface area contributed by atoms with Gasteiger partial charge in [0.2, 0.25) is 0 Å². The molecule has 1 aromatic rings. The SMILES string of the molecule is COc1ccc2c(c1)CC(=NNC(N)=S)CC2. The van der Waals surface area contributed by atoms with Crippen LogP contribution in [0.3, 0.4) is 0 Å². The zero-order chi connectivity index (χ0) is 12.3. The number of nitrogens with zero attached hydrogens (tertiary/aromatic N) is 1. The normalized spacial score (nSPS) is 16.4. The molecule has 90 valence electrons. The zero-order valence-electron chi connectivity index (χ0n) is 9.69. The smallest absolute Gasteiger partial charge is 0.184 e. The lowest BCUT2D eigenvalue weighted by Gasteiger charge is -2.18. The van der Waals surface area contributed by atoms with E-state index < -0.39 is 0 Å². The Labute approximate surface area is 106 Å². The Balaban J connectivity index is 2.16. The Bertz CT molecular complexity index is 471. The van der Waals surface area contributed by atoms with Crippen molar-refractivity contribution in [1.29, 1.82) is 0 Å². The highest BCUT2D eigenvalue weighted by molar-refractivity contribution is 7.80. The van der Waals surface area contributed by atoms with E-state index in [9.17, 15) is 0 Å². The molecule has 0 fully saturated rings. The number of hydrogen-bond acceptors (Lipinski definition) is 3. The predicted octanol–water partition coefficient (Wildman–Crippen LogP) is 1.37. The molecular formula is C12H15N3OS. The number of fused-ring (bicyclic) bond motifs is 1. The minimum Gasteiger partial charge on any atom is -0.497 e. The summed E-state index contributed by atoms with van der Waals surface area (Å²) in [4.78, 5) is 0. The lowest BCUT2D eigenvalue weighted by molar-refractivity contribution is 0.414. The van der Waals surface area contributed by atoms with Crippen LogP contribution in [0.25, 0.3) is 0 Å². The van der Waals surface area contributed by atoms with Crippen molar-refractivity contribution in [2.75, 3.05) is 7.11 Å². The number of nitrogens with two attached hydrogens (primary N) is 1. The van der Waals surface area contributed by atoms with E-state index in [1.165, 1.54) is 11.1 Å². The molecule has 1 aliphatic rings. The van der Waals surface area contributed by atoms with Gasteiger partial charge in [0.1, 0.15) is 5.75 Å².